The van der Waals surface area contributed by atoms with Gasteiger partial charge < -0.3 is 10.1 Å². The van der Waals surface area contributed by atoms with Gasteiger partial charge in [-0.25, -0.2) is 8.78 Å². The molecule has 5 heteroatoms. The Labute approximate surface area is 111 Å². The topological polar surface area (TPSA) is 21.3 Å². The first kappa shape index (κ1) is 13.6. The van der Waals surface area contributed by atoms with E-state index >= 15 is 0 Å². The second-order valence-electron chi connectivity index (χ2n) is 4.59. The molecule has 0 bridgehead atoms. The van der Waals surface area contributed by atoms with Crippen LogP contribution < -0.4 is 10.1 Å². The number of hydrogen-bond acceptors (Lipinski definition) is 3. The van der Waals surface area contributed by atoms with Crippen molar-refractivity contribution < 1.29 is 13.5 Å². The van der Waals surface area contributed by atoms with Gasteiger partial charge in [0.1, 0.15) is 5.67 Å². The van der Waals surface area contributed by atoms with Gasteiger partial charge in [0, 0.05) is 18.2 Å². The van der Waals surface area contributed by atoms with Gasteiger partial charge in [0.25, 0.3) is 0 Å². The largest absolute Gasteiger partial charge is 0.494 e. The lowest BCUT2D eigenvalue weighted by Gasteiger charge is -2.28. The Morgan fingerprint density at radius 2 is 2.33 bits per heavy atom. The molecule has 1 fully saturated rings. The molecule has 0 aliphatic carbocycles. The van der Waals surface area contributed by atoms with Crippen molar-refractivity contribution in [3.63, 3.8) is 0 Å². The molecule has 18 heavy (non-hydrogen) atoms. The fourth-order valence-corrected chi connectivity index (χ4v) is 2.98. The highest BCUT2D eigenvalue weighted by atomic mass is 32.1. The molecule has 1 aliphatic heterocycles. The third kappa shape index (κ3) is 2.47. The molecule has 2 rings (SSSR count). The van der Waals surface area contributed by atoms with Gasteiger partial charge in [-0.05, 0) is 30.7 Å². The minimum atomic E-state index is -1.34. The van der Waals surface area contributed by atoms with Crippen molar-refractivity contribution in [2.45, 2.75) is 18.0 Å². The van der Waals surface area contributed by atoms with Crippen LogP contribution in [0.3, 0.4) is 0 Å². The second kappa shape index (κ2) is 5.45. The minimum absolute atomic E-state index is 0.175. The number of hydrogen-bond donors (Lipinski definition) is 2. The molecule has 0 aromatic heterocycles. The minimum Gasteiger partial charge on any atom is -0.494 e. The molecule has 1 aromatic carbocycles. The summed E-state index contributed by atoms with van der Waals surface area (Å²) in [4.78, 5) is 0. The molecule has 0 spiro atoms. The summed E-state index contributed by atoms with van der Waals surface area (Å²) in [6.07, 6.45) is 0.436. The van der Waals surface area contributed by atoms with Crippen molar-refractivity contribution in [3.05, 3.63) is 29.6 Å². The number of methoxy groups -OCH3 is 1. The standard InChI is InChI=1S/C13H17F2NOS/c1-17-12-3-2-9(6-11(12)14)10(7-18)13(15)4-5-16-8-13/h2-3,6,10,16,18H,4-5,7-8H2,1H3/t10-,13-/m0/s1. The van der Waals surface area contributed by atoms with E-state index in [0.29, 0.717) is 30.8 Å². The zero-order chi connectivity index (χ0) is 13.2. The van der Waals surface area contributed by atoms with Crippen LogP contribution in [-0.2, 0) is 0 Å². The molecule has 1 aliphatic rings. The molecule has 0 saturated carbocycles. The maximum atomic E-state index is 14.7. The SMILES string of the molecule is COc1ccc([C@H](CS)[C@]2(F)CCNC2)cc1F. The quantitative estimate of drug-likeness (QED) is 0.823. The molecule has 0 amide bonds. The van der Waals surface area contributed by atoms with E-state index in [0.717, 1.165) is 0 Å². The maximum Gasteiger partial charge on any atom is 0.165 e. The summed E-state index contributed by atoms with van der Waals surface area (Å²) in [5.41, 5.74) is -0.711. The number of alkyl halides is 1. The fourth-order valence-electron chi connectivity index (χ4n) is 2.45. The van der Waals surface area contributed by atoms with Crippen LogP contribution in [0.5, 0.6) is 5.75 Å². The van der Waals surface area contributed by atoms with Crippen LogP contribution in [-0.4, -0.2) is 31.6 Å². The average molecular weight is 273 g/mol. The predicted octanol–water partition coefficient (Wildman–Crippen LogP) is 2.55. The first-order valence-corrected chi connectivity index (χ1v) is 6.58. The van der Waals surface area contributed by atoms with Gasteiger partial charge in [-0.15, -0.1) is 0 Å². The van der Waals surface area contributed by atoms with Gasteiger partial charge in [0.2, 0.25) is 0 Å². The number of thiol groups is 1. The lowest BCUT2D eigenvalue weighted by Crippen LogP contribution is -2.35. The van der Waals surface area contributed by atoms with Crippen molar-refractivity contribution in [1.29, 1.82) is 0 Å². The smallest absolute Gasteiger partial charge is 0.165 e. The number of ether oxygens (including phenoxy) is 1. The average Bonchev–Trinajstić information content (AvgIpc) is 2.78. The molecule has 0 unspecified atom stereocenters. The summed E-state index contributed by atoms with van der Waals surface area (Å²) in [6, 6.07) is 4.59. The van der Waals surface area contributed by atoms with Gasteiger partial charge in [-0.2, -0.15) is 12.6 Å². The van der Waals surface area contributed by atoms with Crippen molar-refractivity contribution in [2.75, 3.05) is 26.0 Å². The van der Waals surface area contributed by atoms with Crippen LogP contribution in [0.4, 0.5) is 8.78 Å². The van der Waals surface area contributed by atoms with E-state index in [-0.39, 0.29) is 5.75 Å². The Kier molecular flexibility index (Phi) is 4.12. The predicted molar refractivity (Wildman–Crippen MR) is 70.9 cm³/mol. The molecule has 1 heterocycles. The number of halogens is 2. The van der Waals surface area contributed by atoms with Crippen molar-refractivity contribution in [3.8, 4) is 5.75 Å². The lowest BCUT2D eigenvalue weighted by molar-refractivity contribution is 0.158. The highest BCUT2D eigenvalue weighted by molar-refractivity contribution is 7.80. The lowest BCUT2D eigenvalue weighted by atomic mass is 9.84. The fraction of sp³-hybridized carbons (Fsp3) is 0.538. The van der Waals surface area contributed by atoms with E-state index in [1.54, 1.807) is 6.07 Å². The first-order chi connectivity index (χ1) is 8.60. The molecule has 1 saturated heterocycles. The highest BCUT2D eigenvalue weighted by Crippen LogP contribution is 2.38. The second-order valence-corrected chi connectivity index (χ2v) is 4.96. The van der Waals surface area contributed by atoms with Crippen LogP contribution in [0.25, 0.3) is 0 Å². The molecule has 100 valence electrons. The molecule has 0 radical (unpaired) electrons. The van der Waals surface area contributed by atoms with E-state index in [9.17, 15) is 8.78 Å². The Morgan fingerprint density at radius 3 is 2.83 bits per heavy atom. The van der Waals surface area contributed by atoms with E-state index in [4.69, 9.17) is 4.74 Å². The van der Waals surface area contributed by atoms with E-state index in [2.05, 4.69) is 17.9 Å². The molecular weight excluding hydrogens is 256 g/mol. The molecular formula is C13H17F2NOS. The van der Waals surface area contributed by atoms with Crippen LogP contribution >= 0.6 is 12.6 Å². The van der Waals surface area contributed by atoms with E-state index in [1.807, 2.05) is 0 Å². The zero-order valence-corrected chi connectivity index (χ0v) is 11.1. The third-order valence-corrected chi connectivity index (χ3v) is 3.89. The Bertz CT molecular complexity index is 421. The van der Waals surface area contributed by atoms with Gasteiger partial charge in [0.05, 0.1) is 7.11 Å². The van der Waals surface area contributed by atoms with Crippen molar-refractivity contribution in [2.24, 2.45) is 0 Å². The number of nitrogens with one attached hydrogen (secondary N) is 1. The molecule has 2 nitrogen and oxygen atoms in total. The number of benzene rings is 1. The van der Waals surface area contributed by atoms with E-state index in [1.165, 1.54) is 19.2 Å². The number of rotatable bonds is 4. The van der Waals surface area contributed by atoms with Crippen LogP contribution in [0.15, 0.2) is 18.2 Å². The van der Waals surface area contributed by atoms with Crippen molar-refractivity contribution >= 4 is 12.6 Å². The monoisotopic (exact) mass is 273 g/mol. The molecule has 1 N–H and O–H groups in total. The first-order valence-electron chi connectivity index (χ1n) is 5.94. The van der Waals surface area contributed by atoms with Gasteiger partial charge in [0.15, 0.2) is 11.6 Å². The van der Waals surface area contributed by atoms with Crippen LogP contribution in [0, 0.1) is 5.82 Å². The Balaban J connectivity index is 2.30. The summed E-state index contributed by atoms with van der Waals surface area (Å²) < 4.78 is 33.2. The van der Waals surface area contributed by atoms with Gasteiger partial charge in [-0.3, -0.25) is 0 Å². The summed E-state index contributed by atoms with van der Waals surface area (Å²) >= 11 is 4.22. The van der Waals surface area contributed by atoms with Gasteiger partial charge in [-0.1, -0.05) is 6.07 Å². The van der Waals surface area contributed by atoms with Crippen molar-refractivity contribution in [1.82, 2.24) is 5.32 Å². The maximum absolute atomic E-state index is 14.7. The Hall–Kier alpha value is -0.810. The molecule has 2 atom stereocenters. The normalized spacial score (nSPS) is 25.1. The summed E-state index contributed by atoms with van der Waals surface area (Å²) in [6.45, 7) is 0.950. The van der Waals surface area contributed by atoms with Crippen LogP contribution in [0.1, 0.15) is 17.9 Å². The summed E-state index contributed by atoms with van der Waals surface area (Å²) in [5.74, 6) is -0.342. The van der Waals surface area contributed by atoms with E-state index < -0.39 is 17.4 Å². The zero-order valence-electron chi connectivity index (χ0n) is 10.2. The van der Waals surface area contributed by atoms with Crippen LogP contribution in [0.2, 0.25) is 0 Å². The third-order valence-electron chi connectivity index (χ3n) is 3.52. The summed E-state index contributed by atoms with van der Waals surface area (Å²) in [5, 5.41) is 3.01. The van der Waals surface area contributed by atoms with Gasteiger partial charge >= 0.3 is 0 Å². The Morgan fingerprint density at radius 1 is 1.56 bits per heavy atom. The highest BCUT2D eigenvalue weighted by Gasteiger charge is 2.42. The summed E-state index contributed by atoms with van der Waals surface area (Å²) in [7, 11) is 1.41. The molecule has 1 aromatic rings.